The lowest BCUT2D eigenvalue weighted by atomic mass is 10.2. The molecular weight excluding hydrogens is 312 g/mol. The summed E-state index contributed by atoms with van der Waals surface area (Å²) >= 11 is 0. The number of likely N-dealkylation sites (tertiary alicyclic amines) is 1. The van der Waals surface area contributed by atoms with Crippen LogP contribution in [0.4, 0.5) is 5.69 Å². The fraction of sp³-hybridized carbons (Fsp3) is 0.500. The molecule has 1 saturated heterocycles. The Hall–Kier alpha value is -2.30. The second kappa shape index (κ2) is 7.72. The predicted octanol–water partition coefficient (Wildman–Crippen LogP) is 3.69. The molecule has 0 unspecified atom stereocenters. The molecule has 0 spiro atoms. The Labute approximate surface area is 150 Å². The van der Waals surface area contributed by atoms with Crippen LogP contribution in [-0.4, -0.2) is 39.7 Å². The van der Waals surface area contributed by atoms with E-state index < -0.39 is 0 Å². The molecule has 5 heteroatoms. The van der Waals surface area contributed by atoms with E-state index in [-0.39, 0.29) is 11.9 Å². The first-order valence-corrected chi connectivity index (χ1v) is 9.25. The van der Waals surface area contributed by atoms with Crippen LogP contribution in [0.1, 0.15) is 44.0 Å². The highest BCUT2D eigenvalue weighted by atomic mass is 16.2. The third-order valence-electron chi connectivity index (χ3n) is 4.94. The zero-order chi connectivity index (χ0) is 17.8. The molecule has 2 aromatic rings. The van der Waals surface area contributed by atoms with Crippen molar-refractivity contribution in [2.45, 2.75) is 52.5 Å². The first-order chi connectivity index (χ1) is 12.1. The lowest BCUT2D eigenvalue weighted by Gasteiger charge is -2.25. The number of aryl methyl sites for hydroxylation is 1. The number of aromatic nitrogens is 2. The smallest absolute Gasteiger partial charge is 0.244 e. The minimum absolute atomic E-state index is 0.188. The van der Waals surface area contributed by atoms with E-state index in [1.807, 2.05) is 60.7 Å². The Balaban J connectivity index is 1.76. The van der Waals surface area contributed by atoms with Gasteiger partial charge in [0, 0.05) is 13.1 Å². The molecule has 1 aromatic heterocycles. The van der Waals surface area contributed by atoms with Gasteiger partial charge < -0.3 is 10.2 Å². The maximum Gasteiger partial charge on any atom is 0.244 e. The van der Waals surface area contributed by atoms with E-state index in [1.54, 1.807) is 0 Å². The molecule has 134 valence electrons. The molecule has 1 fully saturated rings. The van der Waals surface area contributed by atoms with Gasteiger partial charge in [0.05, 0.1) is 22.8 Å². The highest BCUT2D eigenvalue weighted by Crippen LogP contribution is 2.24. The van der Waals surface area contributed by atoms with Gasteiger partial charge in [-0.2, -0.15) is 5.10 Å². The number of hydrogen-bond donors (Lipinski definition) is 1. The van der Waals surface area contributed by atoms with Crippen LogP contribution in [0.2, 0.25) is 0 Å². The van der Waals surface area contributed by atoms with Crippen LogP contribution in [0.3, 0.4) is 0 Å². The van der Waals surface area contributed by atoms with Gasteiger partial charge in [0.1, 0.15) is 6.04 Å². The maximum absolute atomic E-state index is 12.8. The van der Waals surface area contributed by atoms with Crippen LogP contribution in [-0.2, 0) is 4.79 Å². The van der Waals surface area contributed by atoms with Gasteiger partial charge in [-0.05, 0) is 45.7 Å². The van der Waals surface area contributed by atoms with Crippen molar-refractivity contribution in [3.05, 3.63) is 41.7 Å². The minimum Gasteiger partial charge on any atom is -0.371 e. The number of nitrogens with one attached hydrogen (secondary N) is 1. The van der Waals surface area contributed by atoms with Gasteiger partial charge in [-0.25, -0.2) is 4.68 Å². The number of benzene rings is 1. The summed E-state index contributed by atoms with van der Waals surface area (Å²) in [5.74, 6) is 0.188. The van der Waals surface area contributed by atoms with Gasteiger partial charge in [0.2, 0.25) is 5.91 Å². The summed E-state index contributed by atoms with van der Waals surface area (Å²) in [7, 11) is 0. The standard InChI is InChI=1S/C20H28N4O/c1-15-19(17(3)24(22-15)18-11-7-6-8-12-18)21-16(2)20(25)23-13-9-4-5-10-14-23/h6-8,11-12,16,21H,4-5,9-10,13-14H2,1-3H3/t16-/m0/s1. The molecule has 0 bridgehead atoms. The van der Waals surface area contributed by atoms with Crippen molar-refractivity contribution in [3.8, 4) is 5.69 Å². The predicted molar refractivity (Wildman–Crippen MR) is 101 cm³/mol. The minimum atomic E-state index is -0.246. The molecule has 1 N–H and O–H groups in total. The fourth-order valence-corrected chi connectivity index (χ4v) is 3.52. The topological polar surface area (TPSA) is 50.2 Å². The van der Waals surface area contributed by atoms with Gasteiger partial charge in [-0.1, -0.05) is 31.0 Å². The van der Waals surface area contributed by atoms with Crippen molar-refractivity contribution in [3.63, 3.8) is 0 Å². The Morgan fingerprint density at radius 2 is 1.72 bits per heavy atom. The van der Waals surface area contributed by atoms with E-state index in [9.17, 15) is 4.79 Å². The van der Waals surface area contributed by atoms with Crippen LogP contribution in [0, 0.1) is 13.8 Å². The zero-order valence-electron chi connectivity index (χ0n) is 15.5. The van der Waals surface area contributed by atoms with Crippen molar-refractivity contribution >= 4 is 11.6 Å². The first kappa shape index (κ1) is 17.5. The normalized spacial score (nSPS) is 16.4. The van der Waals surface area contributed by atoms with E-state index in [2.05, 4.69) is 10.4 Å². The lowest BCUT2D eigenvalue weighted by molar-refractivity contribution is -0.131. The summed E-state index contributed by atoms with van der Waals surface area (Å²) in [4.78, 5) is 14.8. The Bertz CT molecular complexity index is 715. The van der Waals surface area contributed by atoms with Crippen LogP contribution < -0.4 is 5.32 Å². The molecule has 5 nitrogen and oxygen atoms in total. The number of amides is 1. The maximum atomic E-state index is 12.8. The highest BCUT2D eigenvalue weighted by molar-refractivity contribution is 5.84. The first-order valence-electron chi connectivity index (χ1n) is 9.25. The number of rotatable bonds is 4. The number of carbonyl (C=O) groups is 1. The van der Waals surface area contributed by atoms with Crippen molar-refractivity contribution in [2.75, 3.05) is 18.4 Å². The van der Waals surface area contributed by atoms with Crippen molar-refractivity contribution in [2.24, 2.45) is 0 Å². The summed E-state index contributed by atoms with van der Waals surface area (Å²) in [5.41, 5.74) is 3.93. The number of anilines is 1. The van der Waals surface area contributed by atoms with E-state index in [4.69, 9.17) is 0 Å². The Morgan fingerprint density at radius 3 is 2.36 bits per heavy atom. The summed E-state index contributed by atoms with van der Waals surface area (Å²) in [6, 6.07) is 9.83. The fourth-order valence-electron chi connectivity index (χ4n) is 3.52. The van der Waals surface area contributed by atoms with E-state index in [0.717, 1.165) is 48.7 Å². The largest absolute Gasteiger partial charge is 0.371 e. The summed E-state index contributed by atoms with van der Waals surface area (Å²) in [5, 5.41) is 8.06. The second-order valence-corrected chi connectivity index (χ2v) is 6.90. The average molecular weight is 340 g/mol. The molecule has 0 radical (unpaired) electrons. The number of para-hydroxylation sites is 1. The SMILES string of the molecule is Cc1nn(-c2ccccc2)c(C)c1N[C@@H](C)C(=O)N1CCCCCC1. The molecule has 25 heavy (non-hydrogen) atoms. The van der Waals surface area contributed by atoms with Gasteiger partial charge >= 0.3 is 0 Å². The van der Waals surface area contributed by atoms with Crippen LogP contribution in [0.25, 0.3) is 5.69 Å². The highest BCUT2D eigenvalue weighted by Gasteiger charge is 2.23. The molecule has 1 aliphatic heterocycles. The monoisotopic (exact) mass is 340 g/mol. The summed E-state index contributed by atoms with van der Waals surface area (Å²) < 4.78 is 1.93. The van der Waals surface area contributed by atoms with Crippen LogP contribution in [0.5, 0.6) is 0 Å². The number of nitrogens with zero attached hydrogens (tertiary/aromatic N) is 3. The van der Waals surface area contributed by atoms with E-state index in [0.29, 0.717) is 0 Å². The molecule has 3 rings (SSSR count). The second-order valence-electron chi connectivity index (χ2n) is 6.90. The van der Waals surface area contributed by atoms with Gasteiger partial charge in [-0.15, -0.1) is 0 Å². The quantitative estimate of drug-likeness (QED) is 0.923. The van der Waals surface area contributed by atoms with Crippen molar-refractivity contribution < 1.29 is 4.79 Å². The molecule has 1 atom stereocenters. The number of hydrogen-bond acceptors (Lipinski definition) is 3. The van der Waals surface area contributed by atoms with Gasteiger partial charge in [0.15, 0.2) is 0 Å². The average Bonchev–Trinajstić information content (AvgIpc) is 2.83. The van der Waals surface area contributed by atoms with Crippen molar-refractivity contribution in [1.82, 2.24) is 14.7 Å². The lowest BCUT2D eigenvalue weighted by Crippen LogP contribution is -2.42. The Kier molecular flexibility index (Phi) is 5.41. The molecule has 1 aromatic carbocycles. The number of carbonyl (C=O) groups excluding carboxylic acids is 1. The van der Waals surface area contributed by atoms with E-state index in [1.165, 1.54) is 12.8 Å². The third-order valence-corrected chi connectivity index (χ3v) is 4.94. The zero-order valence-corrected chi connectivity index (χ0v) is 15.5. The Morgan fingerprint density at radius 1 is 1.08 bits per heavy atom. The summed E-state index contributed by atoms with van der Waals surface area (Å²) in [6.45, 7) is 7.74. The molecule has 1 amide bonds. The molecule has 0 aliphatic carbocycles. The molecular formula is C20H28N4O. The van der Waals surface area contributed by atoms with Gasteiger partial charge in [0.25, 0.3) is 0 Å². The van der Waals surface area contributed by atoms with Crippen LogP contribution >= 0.6 is 0 Å². The van der Waals surface area contributed by atoms with E-state index >= 15 is 0 Å². The molecule has 2 heterocycles. The third kappa shape index (κ3) is 3.86. The molecule has 1 aliphatic rings. The molecule has 0 saturated carbocycles. The van der Waals surface area contributed by atoms with Crippen LogP contribution in [0.15, 0.2) is 30.3 Å². The summed E-state index contributed by atoms with van der Waals surface area (Å²) in [6.07, 6.45) is 4.69. The van der Waals surface area contributed by atoms with Crippen molar-refractivity contribution in [1.29, 1.82) is 0 Å². The van der Waals surface area contributed by atoms with Gasteiger partial charge in [-0.3, -0.25) is 4.79 Å².